The monoisotopic (exact) mass is 547 g/mol. The van der Waals surface area contributed by atoms with Gasteiger partial charge in [0.25, 0.3) is 0 Å². The molecule has 4 aromatic rings. The van der Waals surface area contributed by atoms with Crippen molar-refractivity contribution in [2.75, 3.05) is 57.7 Å². The second kappa shape index (κ2) is 13.0. The number of rotatable bonds is 11. The van der Waals surface area contributed by atoms with Crippen LogP contribution in [0.5, 0.6) is 5.75 Å². The van der Waals surface area contributed by atoms with Gasteiger partial charge in [0.2, 0.25) is 0 Å². The van der Waals surface area contributed by atoms with Gasteiger partial charge in [0.1, 0.15) is 5.75 Å². The summed E-state index contributed by atoms with van der Waals surface area (Å²) in [6, 6.07) is 15.7. The van der Waals surface area contributed by atoms with E-state index in [4.69, 9.17) is 4.98 Å². The molecule has 2 aromatic carbocycles. The Morgan fingerprint density at radius 3 is 2.41 bits per heavy atom. The fourth-order valence-corrected chi connectivity index (χ4v) is 5.91. The summed E-state index contributed by atoms with van der Waals surface area (Å²) in [5, 5.41) is 13.5. The molecule has 2 N–H and O–H groups in total. The molecule has 0 atom stereocenters. The highest BCUT2D eigenvalue weighted by Gasteiger charge is 2.26. The van der Waals surface area contributed by atoms with Crippen LogP contribution < -0.4 is 5.32 Å². The minimum Gasteiger partial charge on any atom is -0.507 e. The van der Waals surface area contributed by atoms with E-state index in [1.54, 1.807) is 12.3 Å². The highest BCUT2D eigenvalue weighted by molar-refractivity contribution is 5.89. The third-order valence-corrected chi connectivity index (χ3v) is 8.08. The average molecular weight is 548 g/mol. The van der Waals surface area contributed by atoms with E-state index in [2.05, 4.69) is 87.6 Å². The molecule has 2 aliphatic rings. The van der Waals surface area contributed by atoms with Gasteiger partial charge in [0.15, 0.2) is 5.82 Å². The lowest BCUT2D eigenvalue weighted by atomic mass is 9.95. The second-order valence-corrected chi connectivity index (χ2v) is 10.9. The number of fused-ring (bicyclic) bond motifs is 3. The fourth-order valence-electron chi connectivity index (χ4n) is 5.91. The summed E-state index contributed by atoms with van der Waals surface area (Å²) < 4.78 is 2.30. The Kier molecular flexibility index (Phi) is 8.82. The van der Waals surface area contributed by atoms with Crippen LogP contribution in [0.15, 0.2) is 59.7 Å². The molecule has 2 aromatic heterocycles. The van der Waals surface area contributed by atoms with Gasteiger partial charge in [0, 0.05) is 63.2 Å². The van der Waals surface area contributed by atoms with Gasteiger partial charge in [-0.2, -0.15) is 0 Å². The molecule has 7 heteroatoms. The molecule has 1 saturated heterocycles. The van der Waals surface area contributed by atoms with Crippen molar-refractivity contribution >= 4 is 28.6 Å². The number of phenolic OH excluding ortho intramolecular Hbond substituents is 1. The molecule has 0 spiro atoms. The number of aryl methyl sites for hydroxylation is 1. The Bertz CT molecular complexity index is 1480. The van der Waals surface area contributed by atoms with Gasteiger partial charge in [-0.3, -0.25) is 4.99 Å². The molecule has 41 heavy (non-hydrogen) atoms. The molecule has 3 heterocycles. The lowest BCUT2D eigenvalue weighted by Crippen LogP contribution is -2.47. The van der Waals surface area contributed by atoms with E-state index >= 15 is 0 Å². The third kappa shape index (κ3) is 6.41. The maximum Gasteiger partial charge on any atom is 0.151 e. The highest BCUT2D eigenvalue weighted by atomic mass is 16.3. The first kappa shape index (κ1) is 27.7. The number of aromatic nitrogens is 2. The van der Waals surface area contributed by atoms with E-state index in [1.807, 2.05) is 18.2 Å². The molecule has 1 aliphatic carbocycles. The zero-order chi connectivity index (χ0) is 28.0. The van der Waals surface area contributed by atoms with Gasteiger partial charge in [-0.05, 0) is 93.9 Å². The van der Waals surface area contributed by atoms with Gasteiger partial charge in [-0.25, -0.2) is 4.98 Å². The smallest absolute Gasteiger partial charge is 0.151 e. The molecule has 0 unspecified atom stereocenters. The van der Waals surface area contributed by atoms with Crippen molar-refractivity contribution in [3.8, 4) is 5.75 Å². The number of aliphatic imine (C=N–C) groups is 1. The molecule has 211 valence electrons. The van der Waals surface area contributed by atoms with Gasteiger partial charge >= 0.3 is 0 Å². The molecular formula is C34H39N6O. The minimum absolute atomic E-state index is 0.284. The van der Waals surface area contributed by atoms with Crippen molar-refractivity contribution in [1.29, 1.82) is 0 Å². The molecule has 5 radical (unpaired) electrons. The molecule has 1 saturated carbocycles. The summed E-state index contributed by atoms with van der Waals surface area (Å²) in [6.45, 7) is 10.5. The van der Waals surface area contributed by atoms with E-state index in [9.17, 15) is 5.11 Å². The van der Waals surface area contributed by atoms with Crippen LogP contribution in [0.3, 0.4) is 0 Å². The average Bonchev–Trinajstić information content (AvgIpc) is 3.64. The fraction of sp³-hybridized carbons (Fsp3) is 0.324. The zero-order valence-corrected chi connectivity index (χ0v) is 23.8. The summed E-state index contributed by atoms with van der Waals surface area (Å²) in [5.41, 5.74) is 6.60. The number of nitrogens with zero attached hydrogens (tertiary/aromatic N) is 5. The van der Waals surface area contributed by atoms with Gasteiger partial charge < -0.3 is 24.6 Å². The van der Waals surface area contributed by atoms with Crippen molar-refractivity contribution < 1.29 is 5.11 Å². The Morgan fingerprint density at radius 2 is 1.63 bits per heavy atom. The number of piperazine rings is 1. The number of para-hydroxylation sites is 3. The summed E-state index contributed by atoms with van der Waals surface area (Å²) in [4.78, 5) is 14.7. The number of aromatic hydroxyl groups is 1. The predicted molar refractivity (Wildman–Crippen MR) is 168 cm³/mol. The summed E-state index contributed by atoms with van der Waals surface area (Å²) in [5.74, 6) is 2.49. The zero-order valence-electron chi connectivity index (χ0n) is 23.8. The van der Waals surface area contributed by atoms with Crippen LogP contribution in [0.1, 0.15) is 29.5 Å². The van der Waals surface area contributed by atoms with E-state index < -0.39 is 0 Å². The Labute approximate surface area is 243 Å². The van der Waals surface area contributed by atoms with Crippen LogP contribution in [0.2, 0.25) is 0 Å². The van der Waals surface area contributed by atoms with E-state index in [0.29, 0.717) is 0 Å². The molecule has 0 amide bonds. The van der Waals surface area contributed by atoms with Crippen molar-refractivity contribution in [2.45, 2.75) is 19.8 Å². The Morgan fingerprint density at radius 1 is 0.927 bits per heavy atom. The molecule has 7 nitrogen and oxygen atoms in total. The van der Waals surface area contributed by atoms with Crippen molar-refractivity contribution in [2.24, 2.45) is 4.99 Å². The normalized spacial score (nSPS) is 17.4. The number of anilines is 1. The first-order chi connectivity index (χ1) is 20.2. The first-order valence-corrected chi connectivity index (χ1v) is 14.8. The summed E-state index contributed by atoms with van der Waals surface area (Å²) in [6.07, 6.45) is 14.7. The van der Waals surface area contributed by atoms with Crippen molar-refractivity contribution in [3.63, 3.8) is 0 Å². The van der Waals surface area contributed by atoms with Crippen LogP contribution in [-0.2, 0) is 0 Å². The lowest BCUT2D eigenvalue weighted by Gasteiger charge is -2.34. The van der Waals surface area contributed by atoms with Gasteiger partial charge in [-0.15, -0.1) is 0 Å². The summed E-state index contributed by atoms with van der Waals surface area (Å²) >= 11 is 0. The van der Waals surface area contributed by atoms with Crippen LogP contribution in [0.4, 0.5) is 5.82 Å². The quantitative estimate of drug-likeness (QED) is 0.200. The number of hydrogen-bond acceptors (Lipinski definition) is 6. The Balaban J connectivity index is 0.985. The highest BCUT2D eigenvalue weighted by Crippen LogP contribution is 2.39. The predicted octanol–water partition coefficient (Wildman–Crippen LogP) is 5.18. The maximum absolute atomic E-state index is 9.85. The lowest BCUT2D eigenvalue weighted by molar-refractivity contribution is 0.132. The van der Waals surface area contributed by atoms with E-state index in [-0.39, 0.29) is 5.75 Å². The molecule has 1 aliphatic heterocycles. The minimum atomic E-state index is 0.284. The summed E-state index contributed by atoms with van der Waals surface area (Å²) in [7, 11) is 0. The van der Waals surface area contributed by atoms with Gasteiger partial charge in [0.05, 0.1) is 16.6 Å². The Hall–Kier alpha value is -3.42. The largest absolute Gasteiger partial charge is 0.507 e. The van der Waals surface area contributed by atoms with Crippen LogP contribution in [0, 0.1) is 38.5 Å². The number of phenols is 1. The van der Waals surface area contributed by atoms with E-state index in [0.717, 1.165) is 93.1 Å². The third-order valence-electron chi connectivity index (χ3n) is 8.08. The molecule has 2 fully saturated rings. The topological polar surface area (TPSA) is 68.4 Å². The van der Waals surface area contributed by atoms with Crippen molar-refractivity contribution in [1.82, 2.24) is 19.2 Å². The maximum atomic E-state index is 9.85. The van der Waals surface area contributed by atoms with Crippen LogP contribution in [-0.4, -0.2) is 82.9 Å². The number of benzene rings is 2. The number of hydrogen-bond donors (Lipinski definition) is 2. The van der Waals surface area contributed by atoms with E-state index in [1.165, 1.54) is 17.0 Å². The van der Waals surface area contributed by atoms with Crippen molar-refractivity contribution in [3.05, 3.63) is 103 Å². The second-order valence-electron chi connectivity index (χ2n) is 10.9. The SMILES string of the molecule is Cc1cn2c(c(NCCCN3CCN(CCCN=Cc4ccccc4O)CC3)nc3ccccc32)c1[C]1[CH][CH][CH][CH]1. The van der Waals surface area contributed by atoms with Gasteiger partial charge in [-0.1, -0.05) is 24.3 Å². The molecular weight excluding hydrogens is 508 g/mol. The molecule has 0 bridgehead atoms. The van der Waals surface area contributed by atoms with Crippen LogP contribution >= 0.6 is 0 Å². The first-order valence-electron chi connectivity index (χ1n) is 14.8. The number of nitrogens with one attached hydrogen (secondary N) is 1. The van der Waals surface area contributed by atoms with Crippen LogP contribution in [0.25, 0.3) is 16.6 Å². The standard InChI is InChI=1S/C34H39N6O/c1-26-25-40-30-14-6-5-13-29(30)37-34(33(40)32(26)27-10-2-3-11-27)36-17-9-19-39-22-20-38(21-23-39)18-8-16-35-24-28-12-4-7-15-31(28)41/h2-7,10-15,24-25,41H,8-9,16-23H2,1H3,(H,36,37). The molecule has 6 rings (SSSR count).